The third-order valence-corrected chi connectivity index (χ3v) is 4.85. The highest BCUT2D eigenvalue weighted by Gasteiger charge is 2.31. The van der Waals surface area contributed by atoms with Crippen molar-refractivity contribution in [1.82, 2.24) is 9.78 Å². The molecule has 4 rings (SSSR count). The third kappa shape index (κ3) is 3.22. The first kappa shape index (κ1) is 18.1. The molecule has 142 valence electrons. The minimum absolute atomic E-state index is 0.419. The van der Waals surface area contributed by atoms with Crippen LogP contribution in [-0.4, -0.2) is 16.3 Å². The van der Waals surface area contributed by atoms with Crippen molar-refractivity contribution in [3.8, 4) is 23.0 Å². The second kappa shape index (κ2) is 7.04. The Kier molecular flexibility index (Phi) is 4.55. The lowest BCUT2D eigenvalue weighted by atomic mass is 10.0. The molecular formula is C21H17F3N4. The zero-order valence-corrected chi connectivity index (χ0v) is 14.9. The van der Waals surface area contributed by atoms with E-state index < -0.39 is 11.7 Å². The van der Waals surface area contributed by atoms with E-state index in [0.717, 1.165) is 42.9 Å². The summed E-state index contributed by atoms with van der Waals surface area (Å²) in [5.41, 5.74) is 2.17. The van der Waals surface area contributed by atoms with Crippen molar-refractivity contribution >= 4 is 5.82 Å². The maximum atomic E-state index is 13.2. The third-order valence-electron chi connectivity index (χ3n) is 4.85. The van der Waals surface area contributed by atoms with Crippen LogP contribution in [0.4, 0.5) is 19.0 Å². The Hall–Kier alpha value is -3.27. The molecule has 0 fully saturated rings. The maximum absolute atomic E-state index is 13.2. The fourth-order valence-corrected chi connectivity index (χ4v) is 3.50. The molecule has 28 heavy (non-hydrogen) atoms. The molecule has 0 radical (unpaired) electrons. The summed E-state index contributed by atoms with van der Waals surface area (Å²) in [5.74, 6) is 0.743. The molecule has 0 saturated heterocycles. The second-order valence-electron chi connectivity index (χ2n) is 6.68. The van der Waals surface area contributed by atoms with Crippen LogP contribution in [-0.2, 0) is 12.6 Å². The highest BCUT2D eigenvalue weighted by Crippen LogP contribution is 2.37. The quantitative estimate of drug-likeness (QED) is 0.665. The summed E-state index contributed by atoms with van der Waals surface area (Å²) in [6.45, 7) is 0.745. The average Bonchev–Trinajstić information content (AvgIpc) is 2.88. The van der Waals surface area contributed by atoms with Crippen LogP contribution in [0.3, 0.4) is 0 Å². The van der Waals surface area contributed by atoms with E-state index in [9.17, 15) is 18.4 Å². The fourth-order valence-electron chi connectivity index (χ4n) is 3.50. The molecule has 3 aromatic rings. The van der Waals surface area contributed by atoms with Gasteiger partial charge in [-0.15, -0.1) is 0 Å². The van der Waals surface area contributed by atoms with Crippen molar-refractivity contribution in [1.29, 1.82) is 5.26 Å². The molecule has 1 aliphatic heterocycles. The number of halogens is 3. The van der Waals surface area contributed by atoms with Crippen LogP contribution >= 0.6 is 0 Å². The van der Waals surface area contributed by atoms with E-state index in [1.165, 1.54) is 6.07 Å². The maximum Gasteiger partial charge on any atom is 0.416 e. The normalized spacial score (nSPS) is 13.9. The first-order valence-corrected chi connectivity index (χ1v) is 9.02. The lowest BCUT2D eigenvalue weighted by molar-refractivity contribution is -0.137. The summed E-state index contributed by atoms with van der Waals surface area (Å²) in [6.07, 6.45) is -1.84. The standard InChI is InChI=1S/C21H17F3N4/c22-21(23,24)16-8-5-7-14(12-16)19-17-9-3-4-11-26-20(17)28(27-19)18-10-2-1-6-15(18)13-25/h1-2,5-8,10,12,26H,3-4,9,11H2. The number of nitrogens with one attached hydrogen (secondary N) is 1. The lowest BCUT2D eigenvalue weighted by Crippen LogP contribution is -2.08. The van der Waals surface area contributed by atoms with Gasteiger partial charge in [-0.05, 0) is 43.5 Å². The molecule has 1 N–H and O–H groups in total. The van der Waals surface area contributed by atoms with Gasteiger partial charge in [-0.3, -0.25) is 0 Å². The zero-order valence-electron chi connectivity index (χ0n) is 14.9. The number of nitriles is 1. The van der Waals surface area contributed by atoms with Crippen LogP contribution in [0, 0.1) is 11.3 Å². The minimum Gasteiger partial charge on any atom is -0.370 e. The van der Waals surface area contributed by atoms with Crippen molar-refractivity contribution in [2.45, 2.75) is 25.4 Å². The summed E-state index contributed by atoms with van der Waals surface area (Å²) < 4.78 is 41.2. The molecule has 0 unspecified atom stereocenters. The van der Waals surface area contributed by atoms with Crippen molar-refractivity contribution < 1.29 is 13.2 Å². The van der Waals surface area contributed by atoms with Gasteiger partial charge in [0, 0.05) is 17.7 Å². The Labute approximate surface area is 160 Å². The van der Waals surface area contributed by atoms with Crippen LogP contribution in [0.15, 0.2) is 48.5 Å². The number of aromatic nitrogens is 2. The van der Waals surface area contributed by atoms with Gasteiger partial charge in [0.05, 0.1) is 22.5 Å². The van der Waals surface area contributed by atoms with E-state index in [4.69, 9.17) is 0 Å². The molecule has 7 heteroatoms. The molecule has 1 aliphatic rings. The van der Waals surface area contributed by atoms with Gasteiger partial charge in [-0.2, -0.15) is 23.5 Å². The summed E-state index contributed by atoms with van der Waals surface area (Å²) in [7, 11) is 0. The molecule has 0 amide bonds. The van der Waals surface area contributed by atoms with E-state index in [2.05, 4.69) is 16.5 Å². The number of hydrogen-bond donors (Lipinski definition) is 1. The van der Waals surface area contributed by atoms with Crippen LogP contribution in [0.5, 0.6) is 0 Å². The van der Waals surface area contributed by atoms with Gasteiger partial charge in [-0.1, -0.05) is 24.3 Å². The molecule has 0 saturated carbocycles. The molecule has 2 aromatic carbocycles. The van der Waals surface area contributed by atoms with Crippen LogP contribution in [0.1, 0.15) is 29.5 Å². The molecule has 0 bridgehead atoms. The van der Waals surface area contributed by atoms with E-state index in [1.807, 2.05) is 6.07 Å². The Morgan fingerprint density at radius 3 is 2.68 bits per heavy atom. The summed E-state index contributed by atoms with van der Waals surface area (Å²) in [6, 6.07) is 14.5. The zero-order chi connectivity index (χ0) is 19.7. The van der Waals surface area contributed by atoms with Crippen molar-refractivity contribution in [2.24, 2.45) is 0 Å². The monoisotopic (exact) mass is 382 g/mol. The number of alkyl halides is 3. The smallest absolute Gasteiger partial charge is 0.370 e. The average molecular weight is 382 g/mol. The van der Waals surface area contributed by atoms with Crippen molar-refractivity contribution in [2.75, 3.05) is 11.9 Å². The molecule has 4 nitrogen and oxygen atoms in total. The molecule has 0 atom stereocenters. The first-order chi connectivity index (χ1) is 13.5. The topological polar surface area (TPSA) is 53.6 Å². The highest BCUT2D eigenvalue weighted by molar-refractivity contribution is 5.72. The number of para-hydroxylation sites is 1. The lowest BCUT2D eigenvalue weighted by Gasteiger charge is -2.10. The summed E-state index contributed by atoms with van der Waals surface area (Å²) in [4.78, 5) is 0. The van der Waals surface area contributed by atoms with Gasteiger partial charge in [0.1, 0.15) is 11.9 Å². The first-order valence-electron chi connectivity index (χ1n) is 9.02. The van der Waals surface area contributed by atoms with E-state index >= 15 is 0 Å². The van der Waals surface area contributed by atoms with Crippen LogP contribution in [0.2, 0.25) is 0 Å². The van der Waals surface area contributed by atoms with Gasteiger partial charge < -0.3 is 5.32 Å². The Balaban J connectivity index is 1.93. The van der Waals surface area contributed by atoms with Crippen molar-refractivity contribution in [3.63, 3.8) is 0 Å². The van der Waals surface area contributed by atoms with Gasteiger partial charge >= 0.3 is 6.18 Å². The van der Waals surface area contributed by atoms with Crippen molar-refractivity contribution in [3.05, 3.63) is 65.2 Å². The molecular weight excluding hydrogens is 365 g/mol. The highest BCUT2D eigenvalue weighted by atomic mass is 19.4. The van der Waals surface area contributed by atoms with E-state index in [-0.39, 0.29) is 0 Å². The number of anilines is 1. The summed E-state index contributed by atoms with van der Waals surface area (Å²) in [5, 5.41) is 17.4. The van der Waals surface area contributed by atoms with Gasteiger partial charge in [0.25, 0.3) is 0 Å². The van der Waals surface area contributed by atoms with E-state index in [0.29, 0.717) is 28.9 Å². The number of nitrogens with zero attached hydrogens (tertiary/aromatic N) is 3. The minimum atomic E-state index is -4.42. The number of benzene rings is 2. The fraction of sp³-hybridized carbons (Fsp3) is 0.238. The number of rotatable bonds is 2. The van der Waals surface area contributed by atoms with E-state index in [1.54, 1.807) is 28.9 Å². The number of hydrogen-bond acceptors (Lipinski definition) is 3. The summed E-state index contributed by atoms with van der Waals surface area (Å²) >= 11 is 0. The van der Waals surface area contributed by atoms with Gasteiger partial charge in [0.2, 0.25) is 0 Å². The molecule has 2 heterocycles. The predicted molar refractivity (Wildman–Crippen MR) is 100 cm³/mol. The SMILES string of the molecule is N#Cc1ccccc1-n1nc(-c2cccc(C(F)(F)F)c2)c2c1NCCCC2. The van der Waals surface area contributed by atoms with Gasteiger partial charge in [0.15, 0.2) is 0 Å². The predicted octanol–water partition coefficient (Wildman–Crippen LogP) is 5.18. The molecule has 0 spiro atoms. The van der Waals surface area contributed by atoms with Gasteiger partial charge in [-0.25, -0.2) is 4.68 Å². The second-order valence-corrected chi connectivity index (χ2v) is 6.68. The Bertz CT molecular complexity index is 1060. The van der Waals surface area contributed by atoms with Crippen LogP contribution in [0.25, 0.3) is 16.9 Å². The molecule has 0 aliphatic carbocycles. The van der Waals surface area contributed by atoms with Crippen LogP contribution < -0.4 is 5.32 Å². The largest absolute Gasteiger partial charge is 0.416 e. The Morgan fingerprint density at radius 2 is 1.89 bits per heavy atom. The Morgan fingerprint density at radius 1 is 1.07 bits per heavy atom. The number of fused-ring (bicyclic) bond motifs is 1. The molecule has 1 aromatic heterocycles.